The molecule has 0 aliphatic carbocycles. The van der Waals surface area contributed by atoms with Crippen molar-refractivity contribution < 1.29 is 14.3 Å². The van der Waals surface area contributed by atoms with Crippen molar-refractivity contribution in [3.05, 3.63) is 7.05 Å². The summed E-state index contributed by atoms with van der Waals surface area (Å²) in [6, 6.07) is 0. The van der Waals surface area contributed by atoms with E-state index in [1.54, 1.807) is 14.2 Å². The summed E-state index contributed by atoms with van der Waals surface area (Å²) in [4.78, 5) is 12.0. The highest BCUT2D eigenvalue weighted by Gasteiger charge is 2.02. The van der Waals surface area contributed by atoms with Gasteiger partial charge in [0.15, 0.2) is 0 Å². The van der Waals surface area contributed by atoms with E-state index in [0.717, 1.165) is 0 Å². The van der Waals surface area contributed by atoms with E-state index in [1.807, 2.05) is 0 Å². The molecule has 1 amide bonds. The highest BCUT2D eigenvalue weighted by atomic mass is 16.5. The number of hydrogen-bond acceptors (Lipinski definition) is 3. The smallest absolute Gasteiger partial charge is 0.248 e. The first kappa shape index (κ1) is 10.4. The van der Waals surface area contributed by atoms with Gasteiger partial charge in [0.25, 0.3) is 0 Å². The van der Waals surface area contributed by atoms with Crippen molar-refractivity contribution in [2.75, 3.05) is 34.0 Å². The first-order valence-electron chi connectivity index (χ1n) is 3.32. The van der Waals surface area contributed by atoms with Crippen LogP contribution in [-0.2, 0) is 14.3 Å². The number of amides is 1. The molecule has 0 N–H and O–H groups in total. The van der Waals surface area contributed by atoms with E-state index in [9.17, 15) is 4.79 Å². The molecule has 0 unspecified atom stereocenters. The Balaban J connectivity index is 3.18. The van der Waals surface area contributed by atoms with Crippen molar-refractivity contribution in [2.24, 2.45) is 0 Å². The summed E-state index contributed by atoms with van der Waals surface area (Å²) in [6.45, 7) is 1.02. The van der Waals surface area contributed by atoms with E-state index in [4.69, 9.17) is 9.47 Å². The maximum Gasteiger partial charge on any atom is 0.248 e. The number of likely N-dealkylation sites (N-methyl/N-ethyl adjacent to an activating group) is 1. The quantitative estimate of drug-likeness (QED) is 0.527. The van der Waals surface area contributed by atoms with Gasteiger partial charge >= 0.3 is 0 Å². The van der Waals surface area contributed by atoms with Gasteiger partial charge in [-0.15, -0.1) is 0 Å². The second-order valence-electron chi connectivity index (χ2n) is 2.14. The van der Waals surface area contributed by atoms with Crippen LogP contribution in [0.5, 0.6) is 0 Å². The number of carbonyl (C=O) groups excluding carboxylic acids is 1. The van der Waals surface area contributed by atoms with E-state index >= 15 is 0 Å². The van der Waals surface area contributed by atoms with Gasteiger partial charge in [-0.2, -0.15) is 0 Å². The van der Waals surface area contributed by atoms with Crippen molar-refractivity contribution in [2.45, 2.75) is 0 Å². The zero-order valence-electron chi connectivity index (χ0n) is 7.00. The Labute approximate surface area is 67.1 Å². The minimum absolute atomic E-state index is 0.0728. The highest BCUT2D eigenvalue weighted by molar-refractivity contribution is 5.77. The average Bonchev–Trinajstić information content (AvgIpc) is 1.97. The van der Waals surface area contributed by atoms with Crippen LogP contribution in [0.2, 0.25) is 0 Å². The minimum atomic E-state index is -0.138. The first-order chi connectivity index (χ1) is 5.18. The van der Waals surface area contributed by atoms with Crippen molar-refractivity contribution in [3.8, 4) is 0 Å². The molecule has 0 spiro atoms. The Morgan fingerprint density at radius 3 is 2.64 bits per heavy atom. The number of hydrogen-bond donors (Lipinski definition) is 0. The zero-order chi connectivity index (χ0) is 8.69. The lowest BCUT2D eigenvalue weighted by Crippen LogP contribution is -2.25. The summed E-state index contributed by atoms with van der Waals surface area (Å²) in [6.07, 6.45) is 0. The Morgan fingerprint density at radius 1 is 1.55 bits per heavy atom. The van der Waals surface area contributed by atoms with Gasteiger partial charge in [0, 0.05) is 21.2 Å². The van der Waals surface area contributed by atoms with E-state index < -0.39 is 0 Å². The van der Waals surface area contributed by atoms with Gasteiger partial charge in [0.2, 0.25) is 5.91 Å². The van der Waals surface area contributed by atoms with Gasteiger partial charge in [-0.1, -0.05) is 0 Å². The number of nitrogens with zero attached hydrogens (tertiary/aromatic N) is 1. The number of methoxy groups -OCH3 is 1. The minimum Gasteiger partial charge on any atom is -0.382 e. The van der Waals surface area contributed by atoms with Gasteiger partial charge in [-0.05, 0) is 0 Å². The Kier molecular flexibility index (Phi) is 5.78. The molecule has 0 saturated heterocycles. The Bertz CT molecular complexity index is 114. The van der Waals surface area contributed by atoms with Crippen molar-refractivity contribution in [1.29, 1.82) is 0 Å². The van der Waals surface area contributed by atoms with E-state index in [1.165, 1.54) is 4.90 Å². The maximum absolute atomic E-state index is 10.8. The Hall–Kier alpha value is -0.610. The highest BCUT2D eigenvalue weighted by Crippen LogP contribution is 1.82. The summed E-state index contributed by atoms with van der Waals surface area (Å²) in [5.74, 6) is -0.138. The summed E-state index contributed by atoms with van der Waals surface area (Å²) in [5, 5.41) is 0. The van der Waals surface area contributed by atoms with Crippen LogP contribution in [0.4, 0.5) is 0 Å². The van der Waals surface area contributed by atoms with Crippen molar-refractivity contribution >= 4 is 5.91 Å². The van der Waals surface area contributed by atoms with Crippen LogP contribution in [0.15, 0.2) is 0 Å². The van der Waals surface area contributed by atoms with E-state index in [0.29, 0.717) is 13.2 Å². The summed E-state index contributed by atoms with van der Waals surface area (Å²) < 4.78 is 9.66. The van der Waals surface area contributed by atoms with Crippen LogP contribution in [0, 0.1) is 7.05 Å². The lowest BCUT2D eigenvalue weighted by Gasteiger charge is -2.09. The topological polar surface area (TPSA) is 38.8 Å². The molecule has 0 aromatic rings. The van der Waals surface area contributed by atoms with Crippen LogP contribution in [0.3, 0.4) is 0 Å². The van der Waals surface area contributed by atoms with Gasteiger partial charge in [0.1, 0.15) is 6.61 Å². The third-order valence-corrected chi connectivity index (χ3v) is 1.08. The molecular weight excluding hydrogens is 146 g/mol. The fraction of sp³-hybridized carbons (Fsp3) is 0.714. The molecule has 0 aromatic heterocycles. The molecule has 0 saturated carbocycles. The van der Waals surface area contributed by atoms with Crippen molar-refractivity contribution in [1.82, 2.24) is 4.90 Å². The monoisotopic (exact) mass is 160 g/mol. The molecule has 0 heterocycles. The molecule has 0 aliphatic heterocycles. The lowest BCUT2D eigenvalue weighted by atomic mass is 10.6. The fourth-order valence-electron chi connectivity index (χ4n) is 0.412. The molecule has 4 nitrogen and oxygen atoms in total. The van der Waals surface area contributed by atoms with Gasteiger partial charge in [-0.3, -0.25) is 4.79 Å². The zero-order valence-corrected chi connectivity index (χ0v) is 7.00. The maximum atomic E-state index is 10.8. The third-order valence-electron chi connectivity index (χ3n) is 1.08. The van der Waals surface area contributed by atoms with Crippen molar-refractivity contribution in [3.63, 3.8) is 0 Å². The first-order valence-corrected chi connectivity index (χ1v) is 3.32. The molecule has 11 heavy (non-hydrogen) atoms. The molecule has 0 atom stereocenters. The molecule has 65 valence electrons. The SMILES string of the molecule is [CH2]N(C)C(=O)COCCOC. The second-order valence-corrected chi connectivity index (χ2v) is 2.14. The molecule has 0 fully saturated rings. The average molecular weight is 160 g/mol. The predicted molar refractivity (Wildman–Crippen MR) is 40.8 cm³/mol. The van der Waals surface area contributed by atoms with Crippen LogP contribution in [0.1, 0.15) is 0 Å². The standard InChI is InChI=1S/C7H14NO3/c1-8(2)7(9)6-11-5-4-10-3/h1,4-6H2,2-3H3. The van der Waals surface area contributed by atoms with Gasteiger partial charge < -0.3 is 14.4 Å². The molecule has 0 aromatic carbocycles. The molecule has 0 rings (SSSR count). The summed E-state index contributed by atoms with van der Waals surface area (Å²) >= 11 is 0. The van der Waals surface area contributed by atoms with Gasteiger partial charge in [0.05, 0.1) is 13.2 Å². The van der Waals surface area contributed by atoms with E-state index in [2.05, 4.69) is 7.05 Å². The Morgan fingerprint density at radius 2 is 2.18 bits per heavy atom. The summed E-state index contributed by atoms with van der Waals surface area (Å²) in [5.41, 5.74) is 0. The predicted octanol–water partition coefficient (Wildman–Crippen LogP) is -0.101. The molecular formula is C7H14NO3. The molecule has 0 aliphatic rings. The normalized spacial score (nSPS) is 9.73. The molecule has 4 heteroatoms. The number of rotatable bonds is 5. The lowest BCUT2D eigenvalue weighted by molar-refractivity contribution is -0.133. The van der Waals surface area contributed by atoms with Crippen LogP contribution in [-0.4, -0.2) is 44.8 Å². The van der Waals surface area contributed by atoms with Crippen LogP contribution >= 0.6 is 0 Å². The van der Waals surface area contributed by atoms with Crippen LogP contribution in [0.25, 0.3) is 0 Å². The van der Waals surface area contributed by atoms with E-state index in [-0.39, 0.29) is 12.5 Å². The summed E-state index contributed by atoms with van der Waals surface area (Å²) in [7, 11) is 6.58. The van der Waals surface area contributed by atoms with Crippen LogP contribution < -0.4 is 0 Å². The second kappa shape index (κ2) is 6.12. The third kappa shape index (κ3) is 5.82. The number of ether oxygens (including phenoxy) is 2. The number of carbonyl (C=O) groups is 1. The largest absolute Gasteiger partial charge is 0.382 e. The molecule has 0 bridgehead atoms. The fourth-order valence-corrected chi connectivity index (χ4v) is 0.412. The van der Waals surface area contributed by atoms with Gasteiger partial charge in [-0.25, -0.2) is 0 Å². The molecule has 1 radical (unpaired) electrons.